The van der Waals surface area contributed by atoms with Gasteiger partial charge in [0.1, 0.15) is 11.8 Å². The van der Waals surface area contributed by atoms with Gasteiger partial charge in [-0.1, -0.05) is 54.6 Å². The van der Waals surface area contributed by atoms with Gasteiger partial charge in [-0.05, 0) is 34.9 Å². The van der Waals surface area contributed by atoms with Gasteiger partial charge in [-0.25, -0.2) is 0 Å². The normalized spacial score (nSPS) is 10.6. The van der Waals surface area contributed by atoms with E-state index in [9.17, 15) is 5.26 Å². The van der Waals surface area contributed by atoms with Crippen molar-refractivity contribution in [2.24, 2.45) is 0 Å². The van der Waals surface area contributed by atoms with Gasteiger partial charge in [0.05, 0.1) is 7.11 Å². The molecule has 4 aromatic rings. The van der Waals surface area contributed by atoms with Crippen molar-refractivity contribution in [1.29, 1.82) is 5.26 Å². The number of nitrogens with one attached hydrogen (secondary N) is 1. The zero-order chi connectivity index (χ0) is 19.3. The molecule has 0 atom stereocenters. The van der Waals surface area contributed by atoms with E-state index in [2.05, 4.69) is 16.4 Å². The monoisotopic (exact) mass is 369 g/mol. The number of fused-ring (bicyclic) bond motifs is 1. The summed E-state index contributed by atoms with van der Waals surface area (Å²) in [6.45, 7) is 0.596. The Morgan fingerprint density at radius 2 is 1.82 bits per heavy atom. The van der Waals surface area contributed by atoms with E-state index in [1.54, 1.807) is 7.11 Å². The highest BCUT2D eigenvalue weighted by Gasteiger charge is 2.16. The SMILES string of the molecule is COc1ccccc1CCNc1oc(-c2cccc3ccccc23)nc1C#N. The van der Waals surface area contributed by atoms with Crippen LogP contribution in [0.4, 0.5) is 5.88 Å². The molecule has 1 N–H and O–H groups in total. The maximum Gasteiger partial charge on any atom is 0.232 e. The number of hydrogen-bond donors (Lipinski definition) is 1. The molecule has 3 aromatic carbocycles. The Morgan fingerprint density at radius 1 is 1.04 bits per heavy atom. The number of nitriles is 1. The first-order valence-electron chi connectivity index (χ1n) is 9.05. The van der Waals surface area contributed by atoms with Crippen LogP contribution in [-0.4, -0.2) is 18.6 Å². The molecule has 4 rings (SSSR count). The summed E-state index contributed by atoms with van der Waals surface area (Å²) in [6.07, 6.45) is 0.735. The standard InChI is InChI=1S/C23H19N3O2/c1-27-21-12-5-3-8-17(21)13-14-25-23-20(15-24)26-22(28-23)19-11-6-9-16-7-2-4-10-18(16)19/h2-12,25H,13-14H2,1H3. The van der Waals surface area contributed by atoms with Crippen LogP contribution < -0.4 is 10.1 Å². The lowest BCUT2D eigenvalue weighted by atomic mass is 10.0. The molecule has 5 nitrogen and oxygen atoms in total. The fourth-order valence-corrected chi connectivity index (χ4v) is 3.26. The number of rotatable bonds is 6. The van der Waals surface area contributed by atoms with Crippen molar-refractivity contribution in [1.82, 2.24) is 4.98 Å². The van der Waals surface area contributed by atoms with Gasteiger partial charge in [0, 0.05) is 12.1 Å². The van der Waals surface area contributed by atoms with Crippen LogP contribution in [0.3, 0.4) is 0 Å². The molecule has 0 aliphatic carbocycles. The molecule has 1 heterocycles. The Morgan fingerprint density at radius 3 is 2.68 bits per heavy atom. The van der Waals surface area contributed by atoms with Crippen LogP contribution in [0.15, 0.2) is 71.1 Å². The highest BCUT2D eigenvalue weighted by molar-refractivity contribution is 5.94. The summed E-state index contributed by atoms with van der Waals surface area (Å²) < 4.78 is 11.3. The first kappa shape index (κ1) is 17.6. The average Bonchev–Trinajstić information content (AvgIpc) is 3.16. The third-order valence-electron chi connectivity index (χ3n) is 4.63. The Balaban J connectivity index is 1.58. The van der Waals surface area contributed by atoms with Gasteiger partial charge in [0.2, 0.25) is 17.5 Å². The average molecular weight is 369 g/mol. The summed E-state index contributed by atoms with van der Waals surface area (Å²) in [7, 11) is 1.66. The highest BCUT2D eigenvalue weighted by atomic mass is 16.5. The summed E-state index contributed by atoms with van der Waals surface area (Å²) in [6, 6.07) is 24.0. The van der Waals surface area contributed by atoms with Gasteiger partial charge in [-0.2, -0.15) is 10.2 Å². The molecule has 0 saturated heterocycles. The lowest BCUT2D eigenvalue weighted by Crippen LogP contribution is -2.06. The summed E-state index contributed by atoms with van der Waals surface area (Å²) in [5, 5.41) is 14.8. The van der Waals surface area contributed by atoms with Gasteiger partial charge in [0.25, 0.3) is 0 Å². The summed E-state index contributed by atoms with van der Waals surface area (Å²) in [4.78, 5) is 4.39. The van der Waals surface area contributed by atoms with E-state index < -0.39 is 0 Å². The van der Waals surface area contributed by atoms with Crippen LogP contribution >= 0.6 is 0 Å². The topological polar surface area (TPSA) is 71.1 Å². The van der Waals surface area contributed by atoms with E-state index in [1.165, 1.54) is 0 Å². The molecule has 5 heteroatoms. The molecule has 0 radical (unpaired) electrons. The molecular weight excluding hydrogens is 350 g/mol. The van der Waals surface area contributed by atoms with E-state index in [1.807, 2.05) is 66.7 Å². The summed E-state index contributed by atoms with van der Waals surface area (Å²) in [5.74, 6) is 1.67. The van der Waals surface area contributed by atoms with Crippen molar-refractivity contribution in [3.05, 3.63) is 78.0 Å². The number of para-hydroxylation sites is 1. The third kappa shape index (κ3) is 3.40. The molecule has 138 valence electrons. The largest absolute Gasteiger partial charge is 0.496 e. The van der Waals surface area contributed by atoms with Crippen LogP contribution in [-0.2, 0) is 6.42 Å². The number of ether oxygens (including phenoxy) is 1. The molecule has 0 fully saturated rings. The van der Waals surface area contributed by atoms with Crippen molar-refractivity contribution in [2.75, 3.05) is 19.0 Å². The number of oxazole rings is 1. The Labute approximate surface area is 163 Å². The number of anilines is 1. The lowest BCUT2D eigenvalue weighted by molar-refractivity contribution is 0.410. The van der Waals surface area contributed by atoms with E-state index >= 15 is 0 Å². The third-order valence-corrected chi connectivity index (χ3v) is 4.63. The van der Waals surface area contributed by atoms with Crippen LogP contribution in [0.2, 0.25) is 0 Å². The van der Waals surface area contributed by atoms with E-state index in [0.717, 1.165) is 34.1 Å². The second kappa shape index (κ2) is 7.85. The predicted octanol–water partition coefficient (Wildman–Crippen LogP) is 5.03. The molecule has 0 bridgehead atoms. The molecule has 28 heavy (non-hydrogen) atoms. The van der Waals surface area contributed by atoms with Gasteiger partial charge in [-0.15, -0.1) is 0 Å². The molecule has 0 aliphatic rings. The van der Waals surface area contributed by atoms with Crippen molar-refractivity contribution in [2.45, 2.75) is 6.42 Å². The molecule has 0 amide bonds. The number of methoxy groups -OCH3 is 1. The molecular formula is C23H19N3O2. The minimum atomic E-state index is 0.253. The highest BCUT2D eigenvalue weighted by Crippen LogP contribution is 2.31. The predicted molar refractivity (Wildman–Crippen MR) is 109 cm³/mol. The van der Waals surface area contributed by atoms with Crippen molar-refractivity contribution in [3.63, 3.8) is 0 Å². The number of benzene rings is 3. The Kier molecular flexibility index (Phi) is 4.94. The van der Waals surface area contributed by atoms with E-state index in [-0.39, 0.29) is 5.69 Å². The Bertz CT molecular complexity index is 1150. The summed E-state index contributed by atoms with van der Waals surface area (Å²) >= 11 is 0. The molecule has 1 aromatic heterocycles. The Hall–Kier alpha value is -3.78. The number of hydrogen-bond acceptors (Lipinski definition) is 5. The zero-order valence-electron chi connectivity index (χ0n) is 15.5. The maximum atomic E-state index is 9.46. The van der Waals surface area contributed by atoms with Gasteiger partial charge in [0.15, 0.2) is 0 Å². The van der Waals surface area contributed by atoms with E-state index in [4.69, 9.17) is 9.15 Å². The van der Waals surface area contributed by atoms with Crippen LogP contribution in [0, 0.1) is 11.3 Å². The van der Waals surface area contributed by atoms with Gasteiger partial charge >= 0.3 is 0 Å². The quantitative estimate of drug-likeness (QED) is 0.516. The molecule has 0 saturated carbocycles. The fraction of sp³-hybridized carbons (Fsp3) is 0.130. The second-order valence-corrected chi connectivity index (χ2v) is 6.32. The van der Waals surface area contributed by atoms with Crippen LogP contribution in [0.1, 0.15) is 11.3 Å². The van der Waals surface area contributed by atoms with Gasteiger partial charge in [-0.3, -0.25) is 0 Å². The smallest absolute Gasteiger partial charge is 0.232 e. The van der Waals surface area contributed by atoms with Crippen LogP contribution in [0.5, 0.6) is 5.75 Å². The number of nitrogens with zero attached hydrogens (tertiary/aromatic N) is 2. The van der Waals surface area contributed by atoms with E-state index in [0.29, 0.717) is 18.3 Å². The van der Waals surface area contributed by atoms with Crippen LogP contribution in [0.25, 0.3) is 22.2 Å². The van der Waals surface area contributed by atoms with Crippen molar-refractivity contribution < 1.29 is 9.15 Å². The second-order valence-electron chi connectivity index (χ2n) is 6.32. The number of aromatic nitrogens is 1. The first-order chi connectivity index (χ1) is 13.8. The zero-order valence-corrected chi connectivity index (χ0v) is 15.5. The summed E-state index contributed by atoms with van der Waals surface area (Å²) in [5.41, 5.74) is 2.21. The molecule has 0 aliphatic heterocycles. The van der Waals surface area contributed by atoms with Gasteiger partial charge < -0.3 is 14.5 Å². The molecule has 0 unspecified atom stereocenters. The lowest BCUT2D eigenvalue weighted by Gasteiger charge is -2.08. The molecule has 0 spiro atoms. The van der Waals surface area contributed by atoms with Crippen molar-refractivity contribution >= 4 is 16.7 Å². The fourth-order valence-electron chi connectivity index (χ4n) is 3.26. The minimum Gasteiger partial charge on any atom is -0.496 e. The van der Waals surface area contributed by atoms with Crippen molar-refractivity contribution in [3.8, 4) is 23.3 Å². The maximum absolute atomic E-state index is 9.46. The first-order valence-corrected chi connectivity index (χ1v) is 9.05. The minimum absolute atomic E-state index is 0.253.